The molecule has 0 aromatic rings. The molecule has 1 aliphatic rings. The maximum Gasteiger partial charge on any atom is 0.306 e. The minimum atomic E-state index is -1.54. The Hall–Kier alpha value is -1.85. The molecule has 9 heteroatoms. The lowest BCUT2D eigenvalue weighted by molar-refractivity contribution is -0.305. The smallest absolute Gasteiger partial charge is 0.306 e. The molecule has 4 N–H and O–H groups in total. The maximum atomic E-state index is 12.6. The van der Waals surface area contributed by atoms with Crippen LogP contribution in [-0.2, 0) is 23.7 Å². The molecule has 0 aromatic heterocycles. The Morgan fingerprint density at radius 1 is 0.623 bits per heavy atom. The molecule has 0 bridgehead atoms. The minimum Gasteiger partial charge on any atom is -0.457 e. The number of esters is 1. The van der Waals surface area contributed by atoms with Gasteiger partial charge in [-0.2, -0.15) is 0 Å². The molecule has 1 fully saturated rings. The predicted molar refractivity (Wildman–Crippen MR) is 215 cm³/mol. The van der Waals surface area contributed by atoms with Crippen LogP contribution in [0.15, 0.2) is 48.6 Å². The predicted octanol–water partition coefficient (Wildman–Crippen LogP) is 8.97. The van der Waals surface area contributed by atoms with Gasteiger partial charge < -0.3 is 39.4 Å². The van der Waals surface area contributed by atoms with Gasteiger partial charge in [-0.15, -0.1) is 0 Å². The van der Waals surface area contributed by atoms with E-state index in [4.69, 9.17) is 18.9 Å². The first kappa shape index (κ1) is 49.2. The third-order valence-electron chi connectivity index (χ3n) is 9.51. The van der Waals surface area contributed by atoms with E-state index in [0.717, 1.165) is 64.2 Å². The summed E-state index contributed by atoms with van der Waals surface area (Å²) in [7, 11) is 0. The summed E-state index contributed by atoms with van der Waals surface area (Å²) in [5, 5.41) is 40.0. The first-order chi connectivity index (χ1) is 25.9. The molecular formula is C44H78O9. The fourth-order valence-electron chi connectivity index (χ4n) is 6.19. The number of allylic oxidation sites excluding steroid dienone is 8. The molecule has 1 rings (SSSR count). The van der Waals surface area contributed by atoms with Crippen LogP contribution in [0.1, 0.15) is 162 Å². The topological polar surface area (TPSA) is 135 Å². The molecule has 0 aliphatic carbocycles. The Morgan fingerprint density at radius 3 is 1.74 bits per heavy atom. The minimum absolute atomic E-state index is 0.116. The van der Waals surface area contributed by atoms with Gasteiger partial charge >= 0.3 is 5.97 Å². The number of hydrogen-bond donors (Lipinski definition) is 4. The van der Waals surface area contributed by atoms with Gasteiger partial charge in [-0.05, 0) is 51.4 Å². The van der Waals surface area contributed by atoms with E-state index in [2.05, 4.69) is 62.5 Å². The Labute approximate surface area is 322 Å². The van der Waals surface area contributed by atoms with Gasteiger partial charge in [0.25, 0.3) is 0 Å². The number of carbonyl (C=O) groups excluding carboxylic acids is 1. The first-order valence-electron chi connectivity index (χ1n) is 21.2. The summed E-state index contributed by atoms with van der Waals surface area (Å²) < 4.78 is 22.7. The van der Waals surface area contributed by atoms with Crippen molar-refractivity contribution in [1.29, 1.82) is 0 Å². The Bertz CT molecular complexity index is 947. The van der Waals surface area contributed by atoms with Crippen molar-refractivity contribution < 1.29 is 44.2 Å². The number of unbranched alkanes of at least 4 members (excludes halogenated alkanes) is 16. The second kappa shape index (κ2) is 35.8. The van der Waals surface area contributed by atoms with Crippen molar-refractivity contribution in [2.75, 3.05) is 26.4 Å². The average Bonchev–Trinajstić information content (AvgIpc) is 3.16. The number of aliphatic hydroxyl groups is 4. The highest BCUT2D eigenvalue weighted by Gasteiger charge is 2.44. The van der Waals surface area contributed by atoms with Crippen LogP contribution in [0.25, 0.3) is 0 Å². The number of rotatable bonds is 35. The molecule has 0 amide bonds. The summed E-state index contributed by atoms with van der Waals surface area (Å²) in [4.78, 5) is 12.6. The highest BCUT2D eigenvalue weighted by atomic mass is 16.7. The zero-order valence-corrected chi connectivity index (χ0v) is 33.5. The van der Waals surface area contributed by atoms with E-state index in [1.807, 2.05) is 0 Å². The van der Waals surface area contributed by atoms with Gasteiger partial charge in [0.1, 0.15) is 30.5 Å². The molecule has 308 valence electrons. The van der Waals surface area contributed by atoms with E-state index in [9.17, 15) is 25.2 Å². The van der Waals surface area contributed by atoms with Crippen molar-refractivity contribution in [2.24, 2.45) is 0 Å². The monoisotopic (exact) mass is 751 g/mol. The second-order valence-electron chi connectivity index (χ2n) is 14.4. The quantitative estimate of drug-likeness (QED) is 0.0285. The zero-order valence-electron chi connectivity index (χ0n) is 33.5. The van der Waals surface area contributed by atoms with Gasteiger partial charge in [0.05, 0.1) is 19.8 Å². The van der Waals surface area contributed by atoms with E-state index in [1.165, 1.54) is 77.0 Å². The van der Waals surface area contributed by atoms with Crippen LogP contribution in [0.3, 0.4) is 0 Å². The standard InChI is InChI=1S/C44H78O9/c1-3-5-7-9-11-13-14-15-16-17-18-19-20-21-22-23-24-25-26-28-30-32-34-50-36-38(52-40(46)33-31-29-27-12-10-8-6-4-2)37-51-44-43(49)42(48)41(47)39(35-45)53-44/h5,7,11,13,15-16,18-19,38-39,41-45,47-49H,3-4,6,8-10,12,14,17,20-37H2,1-2H3/b7-5-,13-11-,16-15-,19-18-. The van der Waals surface area contributed by atoms with E-state index in [-0.39, 0.29) is 19.2 Å². The van der Waals surface area contributed by atoms with Gasteiger partial charge in [-0.1, -0.05) is 152 Å². The molecule has 0 aromatic carbocycles. The lowest BCUT2D eigenvalue weighted by Crippen LogP contribution is -2.59. The van der Waals surface area contributed by atoms with E-state index in [1.54, 1.807) is 0 Å². The van der Waals surface area contributed by atoms with Crippen molar-refractivity contribution in [1.82, 2.24) is 0 Å². The summed E-state index contributed by atoms with van der Waals surface area (Å²) in [6.07, 6.45) is 35.8. The van der Waals surface area contributed by atoms with Crippen LogP contribution in [0, 0.1) is 0 Å². The average molecular weight is 751 g/mol. The third-order valence-corrected chi connectivity index (χ3v) is 9.51. The SMILES string of the molecule is CC/C=C\C/C=C\C/C=C\C/C=C\CCCCCCCCCCCOCC(COC1OC(CO)C(O)C(O)C1O)OC(=O)CCCCCCCCCC. The Morgan fingerprint density at radius 2 is 1.15 bits per heavy atom. The van der Waals surface area contributed by atoms with Crippen LogP contribution in [-0.4, -0.2) is 89.6 Å². The normalized spacial score (nSPS) is 21.5. The van der Waals surface area contributed by atoms with Crippen LogP contribution < -0.4 is 0 Å². The number of carbonyl (C=O) groups is 1. The first-order valence-corrected chi connectivity index (χ1v) is 21.2. The van der Waals surface area contributed by atoms with E-state index >= 15 is 0 Å². The second-order valence-corrected chi connectivity index (χ2v) is 14.4. The Balaban J connectivity index is 2.20. The van der Waals surface area contributed by atoms with Gasteiger partial charge in [0.2, 0.25) is 0 Å². The molecule has 1 heterocycles. The van der Waals surface area contributed by atoms with Crippen molar-refractivity contribution in [3.05, 3.63) is 48.6 Å². The van der Waals surface area contributed by atoms with Gasteiger partial charge in [0.15, 0.2) is 6.29 Å². The highest BCUT2D eigenvalue weighted by Crippen LogP contribution is 2.22. The van der Waals surface area contributed by atoms with Crippen molar-refractivity contribution >= 4 is 5.97 Å². The lowest BCUT2D eigenvalue weighted by atomic mass is 9.99. The molecular weight excluding hydrogens is 672 g/mol. The number of ether oxygens (including phenoxy) is 4. The van der Waals surface area contributed by atoms with Crippen molar-refractivity contribution in [2.45, 2.75) is 198 Å². The van der Waals surface area contributed by atoms with Crippen molar-refractivity contribution in [3.63, 3.8) is 0 Å². The van der Waals surface area contributed by atoms with Crippen LogP contribution in [0.5, 0.6) is 0 Å². The summed E-state index contributed by atoms with van der Waals surface area (Å²) in [5.41, 5.74) is 0. The van der Waals surface area contributed by atoms with Crippen LogP contribution >= 0.6 is 0 Å². The lowest BCUT2D eigenvalue weighted by Gasteiger charge is -2.39. The molecule has 1 saturated heterocycles. The van der Waals surface area contributed by atoms with Crippen LogP contribution in [0.4, 0.5) is 0 Å². The maximum absolute atomic E-state index is 12.6. The summed E-state index contributed by atoms with van der Waals surface area (Å²) in [6, 6.07) is 0. The van der Waals surface area contributed by atoms with Crippen molar-refractivity contribution in [3.8, 4) is 0 Å². The number of hydrogen-bond acceptors (Lipinski definition) is 9. The van der Waals surface area contributed by atoms with Gasteiger partial charge in [-0.3, -0.25) is 4.79 Å². The molecule has 6 unspecified atom stereocenters. The van der Waals surface area contributed by atoms with E-state index in [0.29, 0.717) is 13.0 Å². The summed E-state index contributed by atoms with van der Waals surface area (Å²) in [6.45, 7) is 4.39. The Kier molecular flexibility index (Phi) is 33.2. The summed E-state index contributed by atoms with van der Waals surface area (Å²) in [5.74, 6) is -0.322. The molecule has 0 saturated carbocycles. The summed E-state index contributed by atoms with van der Waals surface area (Å²) >= 11 is 0. The molecule has 6 atom stereocenters. The zero-order chi connectivity index (χ0) is 38.6. The fraction of sp³-hybridized carbons (Fsp3) is 0.795. The molecule has 1 aliphatic heterocycles. The molecule has 53 heavy (non-hydrogen) atoms. The van der Waals surface area contributed by atoms with Gasteiger partial charge in [0, 0.05) is 13.0 Å². The molecule has 0 spiro atoms. The fourth-order valence-corrected chi connectivity index (χ4v) is 6.19. The van der Waals surface area contributed by atoms with E-state index < -0.39 is 43.4 Å². The molecule has 0 radical (unpaired) electrons. The van der Waals surface area contributed by atoms with Crippen LogP contribution in [0.2, 0.25) is 0 Å². The third kappa shape index (κ3) is 27.4. The molecule has 9 nitrogen and oxygen atoms in total. The highest BCUT2D eigenvalue weighted by molar-refractivity contribution is 5.69. The largest absolute Gasteiger partial charge is 0.457 e. The van der Waals surface area contributed by atoms with Gasteiger partial charge in [-0.25, -0.2) is 0 Å². The number of aliphatic hydroxyl groups excluding tert-OH is 4.